The molecule has 5 aromatic rings. The molecule has 5 atom stereocenters. The van der Waals surface area contributed by atoms with Crippen molar-refractivity contribution < 1.29 is 45.0 Å². The number of benzene rings is 1. The molecule has 4 aliphatic heterocycles. The molecule has 1 aromatic carbocycles. The zero-order valence-electron chi connectivity index (χ0n) is 38.8. The van der Waals surface area contributed by atoms with Crippen molar-refractivity contribution in [3.63, 3.8) is 0 Å². The van der Waals surface area contributed by atoms with Gasteiger partial charge in [-0.3, -0.25) is 4.98 Å². The molecule has 2 saturated heterocycles. The first-order chi connectivity index (χ1) is 34.3. The third-order valence-electron chi connectivity index (χ3n) is 14.0. The molecule has 10 rings (SSSR count). The second-order valence-corrected chi connectivity index (χ2v) is 19.1. The number of fused-ring (bicyclic) bond motifs is 2. The van der Waals surface area contributed by atoms with Gasteiger partial charge in [-0.15, -0.1) is 0 Å². The van der Waals surface area contributed by atoms with Crippen LogP contribution in [0.2, 0.25) is 0 Å². The Bertz CT molecular complexity index is 2930. The van der Waals surface area contributed by atoms with Crippen molar-refractivity contribution in [3.05, 3.63) is 89.2 Å². The van der Waals surface area contributed by atoms with Crippen molar-refractivity contribution in [2.75, 3.05) is 67.1 Å². The molecule has 5 aliphatic rings. The summed E-state index contributed by atoms with van der Waals surface area (Å²) < 4.78 is 129. The number of nitrogens with zero attached hydrogens (tertiary/aromatic N) is 10. The number of nitrogens with one attached hydrogen (secondary N) is 3. The highest BCUT2D eigenvalue weighted by Gasteiger charge is 2.54. The minimum Gasteiger partial charge on any atom is -0.494 e. The van der Waals surface area contributed by atoms with E-state index >= 15 is 13.2 Å². The van der Waals surface area contributed by atoms with Gasteiger partial charge in [0.1, 0.15) is 60.0 Å². The number of aliphatic hydroxyl groups excluding tert-OH is 1. The Morgan fingerprint density at radius 2 is 1.49 bits per heavy atom. The lowest BCUT2D eigenvalue weighted by Gasteiger charge is -2.48. The van der Waals surface area contributed by atoms with Crippen molar-refractivity contribution in [2.45, 2.75) is 93.1 Å². The van der Waals surface area contributed by atoms with Gasteiger partial charge >= 0.3 is 0 Å². The Labute approximate surface area is 406 Å². The number of pyridine rings is 2. The molecule has 0 bridgehead atoms. The van der Waals surface area contributed by atoms with Crippen LogP contribution in [0.3, 0.4) is 0 Å². The maximum absolute atomic E-state index is 16.4. The van der Waals surface area contributed by atoms with Crippen LogP contribution in [0.25, 0.3) is 11.3 Å². The average Bonchev–Trinajstić information content (AvgIpc) is 3.75. The quantitative estimate of drug-likeness (QED) is 0.0721. The van der Waals surface area contributed by atoms with Gasteiger partial charge in [0, 0.05) is 67.3 Å². The molecule has 1 aliphatic carbocycles. The van der Waals surface area contributed by atoms with Gasteiger partial charge in [-0.1, -0.05) is 0 Å². The Hall–Kier alpha value is -6.80. The molecule has 1 saturated carbocycles. The first-order valence-corrected chi connectivity index (χ1v) is 23.2. The van der Waals surface area contributed by atoms with Crippen LogP contribution in [-0.2, 0) is 13.1 Å². The van der Waals surface area contributed by atoms with Gasteiger partial charge in [0.2, 0.25) is 6.43 Å². The molecule has 10 N–H and O–H groups in total. The Kier molecular flexibility index (Phi) is 12.7. The number of alkyl halides is 6. The molecule has 0 radical (unpaired) electrons. The number of imidazole rings is 2. The molecule has 0 amide bonds. The number of aliphatic hydroxyl groups is 1. The maximum atomic E-state index is 16.4. The fourth-order valence-electron chi connectivity index (χ4n) is 10.6. The lowest BCUT2D eigenvalue weighted by molar-refractivity contribution is -0.0560. The third-order valence-corrected chi connectivity index (χ3v) is 14.0. The Morgan fingerprint density at radius 3 is 2.12 bits per heavy atom. The molecule has 8 heterocycles. The van der Waals surface area contributed by atoms with E-state index in [1.54, 1.807) is 32.5 Å². The molecule has 18 nitrogen and oxygen atoms in total. The van der Waals surface area contributed by atoms with Crippen LogP contribution in [0.5, 0.6) is 5.75 Å². The van der Waals surface area contributed by atoms with E-state index in [9.17, 15) is 27.1 Å². The number of anilines is 4. The van der Waals surface area contributed by atoms with E-state index in [0.29, 0.717) is 59.5 Å². The van der Waals surface area contributed by atoms with Crippen molar-refractivity contribution in [3.8, 4) is 17.0 Å². The van der Waals surface area contributed by atoms with Gasteiger partial charge in [0.25, 0.3) is 12.3 Å². The number of piperidine rings is 2. The molecule has 72 heavy (non-hydrogen) atoms. The van der Waals surface area contributed by atoms with Crippen LogP contribution in [-0.4, -0.2) is 134 Å². The average molecular weight is 1010 g/mol. The highest BCUT2D eigenvalue weighted by atomic mass is 19.3. The van der Waals surface area contributed by atoms with Gasteiger partial charge in [0.05, 0.1) is 73.4 Å². The molecular formula is C46H52F8N16O2. The van der Waals surface area contributed by atoms with Crippen LogP contribution in [0, 0.1) is 11.6 Å². The highest BCUT2D eigenvalue weighted by molar-refractivity contribution is 6.01. The van der Waals surface area contributed by atoms with Gasteiger partial charge < -0.3 is 61.9 Å². The molecule has 2 unspecified atom stereocenters. The van der Waals surface area contributed by atoms with Gasteiger partial charge in [-0.05, 0) is 49.6 Å². The predicted molar refractivity (Wildman–Crippen MR) is 251 cm³/mol. The summed E-state index contributed by atoms with van der Waals surface area (Å²) in [4.78, 5) is 29.9. The van der Waals surface area contributed by atoms with E-state index in [1.807, 2.05) is 0 Å². The number of methoxy groups -OCH3 is 1. The van der Waals surface area contributed by atoms with Crippen LogP contribution >= 0.6 is 0 Å². The normalized spacial score (nSPS) is 24.0. The van der Waals surface area contributed by atoms with Crippen LogP contribution in [0.15, 0.2) is 59.0 Å². The number of ether oxygens (including phenoxy) is 1. The summed E-state index contributed by atoms with van der Waals surface area (Å²) in [7, 11) is 1.19. The standard InChI is InChI=1S/C46H52F8N16O2/c1-72-34-11-25(47)23(9-26(34)48)27-3-6-33(31(64-27)14-69-22-63-37-41(56)59-20-61-43(37)69)70-16-44(12-35(49)50,15-46(53,54)18-70)66-29-10-24(29)28-4-5-32(67-8-2-7-45(57,17-67)38(71)39(51)52)30(65-28)13-68-21-62-36-40(55)58-19-60-42(36)68/h3-6,9,11,21-22,24,29,35,38-39,60-61,66,71H,2,7-8,10,12-20,57H2,1H3,(H2,55,58)(H2,56,59)/t24?,29?,38-,44-,45-/m1/s1. The Balaban J connectivity index is 0.973. The second-order valence-electron chi connectivity index (χ2n) is 19.1. The first kappa shape index (κ1) is 48.8. The van der Waals surface area contributed by atoms with Gasteiger partial charge in [0.15, 0.2) is 11.6 Å². The number of aliphatic imine (C=N–C) groups is 2. The van der Waals surface area contributed by atoms with Gasteiger partial charge in [-0.2, -0.15) is 0 Å². The molecule has 0 spiro atoms. The molecule has 384 valence electrons. The van der Waals surface area contributed by atoms with Crippen molar-refractivity contribution >= 4 is 34.7 Å². The van der Waals surface area contributed by atoms with E-state index in [0.717, 1.165) is 12.1 Å². The monoisotopic (exact) mass is 1010 g/mol. The van der Waals surface area contributed by atoms with Crippen molar-refractivity contribution in [1.82, 2.24) is 34.4 Å². The maximum Gasteiger partial charge on any atom is 0.267 e. The van der Waals surface area contributed by atoms with Crippen LogP contribution in [0.1, 0.15) is 66.5 Å². The summed E-state index contributed by atoms with van der Waals surface area (Å²) in [5.41, 5.74) is 17.4. The SMILES string of the molecule is COc1cc(F)c(-c2ccc(N3CC(F)(F)C[C@@](CC(F)F)(NC4CC4c4ccc(N5CCC[C@](N)([C@H](O)C(F)F)C5)c(Cn5cnc6c5NCN=C6N)n4)C3)c(Cn3cnc4c3NCN=C4N)n2)cc1F. The van der Waals surface area contributed by atoms with Crippen LogP contribution in [0.4, 0.5) is 58.1 Å². The third kappa shape index (κ3) is 9.41. The number of halogens is 8. The summed E-state index contributed by atoms with van der Waals surface area (Å²) in [5, 5.41) is 20.0. The number of nitrogens with two attached hydrogens (primary N) is 3. The summed E-state index contributed by atoms with van der Waals surface area (Å²) in [6.45, 7) is -0.630. The fraction of sp³-hybridized carbons (Fsp3) is 0.478. The zero-order chi connectivity index (χ0) is 50.9. The van der Waals surface area contributed by atoms with E-state index in [-0.39, 0.29) is 86.0 Å². The van der Waals surface area contributed by atoms with E-state index < -0.39 is 78.9 Å². The number of aromatic nitrogens is 6. The van der Waals surface area contributed by atoms with E-state index in [1.165, 1.54) is 30.5 Å². The molecular weight excluding hydrogens is 961 g/mol. The Morgan fingerprint density at radius 1 is 0.847 bits per heavy atom. The van der Waals surface area contributed by atoms with E-state index in [2.05, 4.69) is 35.9 Å². The van der Waals surface area contributed by atoms with Crippen molar-refractivity contribution in [2.24, 2.45) is 27.2 Å². The predicted octanol–water partition coefficient (Wildman–Crippen LogP) is 4.41. The molecule has 26 heteroatoms. The fourth-order valence-corrected chi connectivity index (χ4v) is 10.6. The summed E-state index contributed by atoms with van der Waals surface area (Å²) in [5.74, 6) is -4.62. The largest absolute Gasteiger partial charge is 0.494 e. The topological polar surface area (TPSA) is 236 Å². The van der Waals surface area contributed by atoms with Crippen molar-refractivity contribution in [1.29, 1.82) is 0 Å². The van der Waals surface area contributed by atoms with Gasteiger partial charge in [-0.25, -0.2) is 60.1 Å². The number of hydrogen-bond acceptors (Lipinski definition) is 16. The summed E-state index contributed by atoms with van der Waals surface area (Å²) in [6.07, 6.45) is -6.15. The lowest BCUT2D eigenvalue weighted by atomic mass is 9.83. The molecule has 4 aromatic heterocycles. The number of hydrogen-bond donors (Lipinski definition) is 7. The minimum absolute atomic E-state index is 0.0363. The smallest absolute Gasteiger partial charge is 0.267 e. The summed E-state index contributed by atoms with van der Waals surface area (Å²) >= 11 is 0. The lowest BCUT2D eigenvalue weighted by Crippen LogP contribution is -2.64. The first-order valence-electron chi connectivity index (χ1n) is 23.2. The number of amidine groups is 2. The summed E-state index contributed by atoms with van der Waals surface area (Å²) in [6, 6.07) is 7.48. The van der Waals surface area contributed by atoms with E-state index in [4.69, 9.17) is 31.9 Å². The molecule has 3 fully saturated rings. The zero-order valence-corrected chi connectivity index (χ0v) is 38.8. The minimum atomic E-state index is -3.52. The second kappa shape index (κ2) is 18.7. The number of rotatable bonds is 15. The van der Waals surface area contributed by atoms with Crippen LogP contribution < -0.4 is 47.7 Å². The highest BCUT2D eigenvalue weighted by Crippen LogP contribution is 2.47.